The summed E-state index contributed by atoms with van der Waals surface area (Å²) in [6, 6.07) is 10.8. The Hall–Kier alpha value is -3.61. The number of rotatable bonds is 3. The molecule has 0 aliphatic heterocycles. The molecule has 0 unspecified atom stereocenters. The minimum atomic E-state index is -0.228. The standard InChI is InChI=1S/C18H14N6O/c1-12-20-8-6-17(21-12)22-18(25)13-4-5-16-14(9-13)11-24(23-16)15-3-2-7-19-10-15/h2-11H,1H3,(H,20,21,22,25). The van der Waals surface area contributed by atoms with Gasteiger partial charge in [0, 0.05) is 29.5 Å². The number of pyridine rings is 1. The van der Waals surface area contributed by atoms with Gasteiger partial charge in [-0.2, -0.15) is 5.10 Å². The summed E-state index contributed by atoms with van der Waals surface area (Å²) < 4.78 is 1.74. The summed E-state index contributed by atoms with van der Waals surface area (Å²) >= 11 is 0. The molecule has 4 aromatic rings. The lowest BCUT2D eigenvalue weighted by atomic mass is 10.1. The number of aromatic nitrogens is 5. The molecule has 1 N–H and O–H groups in total. The third kappa shape index (κ3) is 3.07. The molecule has 4 rings (SSSR count). The SMILES string of the molecule is Cc1nccc(NC(=O)c2ccc3nn(-c4cccnc4)cc3c2)n1. The lowest BCUT2D eigenvalue weighted by Crippen LogP contribution is -2.13. The third-order valence-corrected chi connectivity index (χ3v) is 3.69. The lowest BCUT2D eigenvalue weighted by Gasteiger charge is -2.04. The van der Waals surface area contributed by atoms with E-state index in [1.54, 1.807) is 48.4 Å². The molecular weight excluding hydrogens is 316 g/mol. The second-order valence-corrected chi connectivity index (χ2v) is 5.50. The van der Waals surface area contributed by atoms with Crippen LogP contribution in [0.15, 0.2) is 61.2 Å². The number of aryl methyl sites for hydroxylation is 1. The largest absolute Gasteiger partial charge is 0.306 e. The summed E-state index contributed by atoms with van der Waals surface area (Å²) in [4.78, 5) is 24.7. The van der Waals surface area contributed by atoms with E-state index >= 15 is 0 Å². The van der Waals surface area contributed by atoms with Crippen LogP contribution in [0.2, 0.25) is 0 Å². The Morgan fingerprint density at radius 1 is 1.16 bits per heavy atom. The number of hydrogen-bond acceptors (Lipinski definition) is 5. The molecule has 7 heteroatoms. The molecule has 0 radical (unpaired) electrons. The Balaban J connectivity index is 1.63. The Morgan fingerprint density at radius 3 is 2.88 bits per heavy atom. The van der Waals surface area contributed by atoms with Gasteiger partial charge in [-0.25, -0.2) is 14.6 Å². The summed E-state index contributed by atoms with van der Waals surface area (Å²) in [5, 5.41) is 8.15. The van der Waals surface area contributed by atoms with E-state index in [2.05, 4.69) is 25.4 Å². The number of fused-ring (bicyclic) bond motifs is 1. The number of carbonyl (C=O) groups is 1. The molecule has 7 nitrogen and oxygen atoms in total. The number of amides is 1. The van der Waals surface area contributed by atoms with Crippen molar-refractivity contribution in [3.8, 4) is 5.69 Å². The van der Waals surface area contributed by atoms with Crippen molar-refractivity contribution in [3.63, 3.8) is 0 Å². The smallest absolute Gasteiger partial charge is 0.256 e. The van der Waals surface area contributed by atoms with Crippen LogP contribution in [-0.4, -0.2) is 30.6 Å². The maximum atomic E-state index is 12.4. The molecule has 0 atom stereocenters. The second kappa shape index (κ2) is 6.12. The van der Waals surface area contributed by atoms with Gasteiger partial charge in [-0.3, -0.25) is 9.78 Å². The van der Waals surface area contributed by atoms with Crippen LogP contribution in [0.5, 0.6) is 0 Å². The normalized spacial score (nSPS) is 10.8. The fourth-order valence-electron chi connectivity index (χ4n) is 2.50. The number of anilines is 1. The van der Waals surface area contributed by atoms with Crippen molar-refractivity contribution < 1.29 is 4.79 Å². The van der Waals surface area contributed by atoms with Crippen LogP contribution >= 0.6 is 0 Å². The molecule has 0 fully saturated rings. The van der Waals surface area contributed by atoms with Crippen molar-refractivity contribution in [2.24, 2.45) is 0 Å². The van der Waals surface area contributed by atoms with E-state index in [1.807, 2.05) is 24.4 Å². The van der Waals surface area contributed by atoms with Crippen molar-refractivity contribution in [1.82, 2.24) is 24.7 Å². The fourth-order valence-corrected chi connectivity index (χ4v) is 2.50. The summed E-state index contributed by atoms with van der Waals surface area (Å²) in [5.74, 6) is 0.851. The predicted octanol–water partition coefficient (Wildman–Crippen LogP) is 2.77. The summed E-state index contributed by atoms with van der Waals surface area (Å²) in [6.07, 6.45) is 6.93. The van der Waals surface area contributed by atoms with E-state index < -0.39 is 0 Å². The monoisotopic (exact) mass is 330 g/mol. The van der Waals surface area contributed by atoms with E-state index in [-0.39, 0.29) is 5.91 Å². The number of benzene rings is 1. The number of nitrogens with one attached hydrogen (secondary N) is 1. The first-order chi connectivity index (χ1) is 12.2. The van der Waals surface area contributed by atoms with Gasteiger partial charge in [0.1, 0.15) is 11.6 Å². The number of hydrogen-bond donors (Lipinski definition) is 1. The molecule has 0 aliphatic carbocycles. The molecule has 0 spiro atoms. The van der Waals surface area contributed by atoms with Crippen LogP contribution < -0.4 is 5.32 Å². The molecular formula is C18H14N6O. The minimum absolute atomic E-state index is 0.228. The fraction of sp³-hybridized carbons (Fsp3) is 0.0556. The average molecular weight is 330 g/mol. The molecule has 0 bridgehead atoms. The van der Waals surface area contributed by atoms with E-state index in [0.29, 0.717) is 17.2 Å². The van der Waals surface area contributed by atoms with Crippen LogP contribution in [0, 0.1) is 6.92 Å². The molecule has 0 saturated carbocycles. The van der Waals surface area contributed by atoms with Crippen LogP contribution in [0.1, 0.15) is 16.2 Å². The topological polar surface area (TPSA) is 85.6 Å². The zero-order chi connectivity index (χ0) is 17.2. The molecule has 0 saturated heterocycles. The Labute approximate surface area is 143 Å². The highest BCUT2D eigenvalue weighted by Gasteiger charge is 2.10. The molecule has 3 aromatic heterocycles. The van der Waals surface area contributed by atoms with Gasteiger partial charge in [-0.15, -0.1) is 0 Å². The van der Waals surface area contributed by atoms with Gasteiger partial charge in [-0.1, -0.05) is 0 Å². The van der Waals surface area contributed by atoms with Crippen molar-refractivity contribution in [3.05, 3.63) is 72.6 Å². The number of nitrogens with zero attached hydrogens (tertiary/aromatic N) is 5. The van der Waals surface area contributed by atoms with Crippen LogP contribution in [0.4, 0.5) is 5.82 Å². The molecule has 0 aliphatic rings. The summed E-state index contributed by atoms with van der Waals surface area (Å²) in [7, 11) is 0. The predicted molar refractivity (Wildman–Crippen MR) is 93.6 cm³/mol. The van der Waals surface area contributed by atoms with Gasteiger partial charge in [0.05, 0.1) is 17.4 Å². The third-order valence-electron chi connectivity index (χ3n) is 3.69. The molecule has 25 heavy (non-hydrogen) atoms. The summed E-state index contributed by atoms with van der Waals surface area (Å²) in [5.41, 5.74) is 2.20. The summed E-state index contributed by atoms with van der Waals surface area (Å²) in [6.45, 7) is 1.77. The van der Waals surface area contributed by atoms with Gasteiger partial charge in [0.2, 0.25) is 0 Å². The van der Waals surface area contributed by atoms with Crippen molar-refractivity contribution >= 4 is 22.6 Å². The van der Waals surface area contributed by atoms with Crippen LogP contribution in [0.3, 0.4) is 0 Å². The van der Waals surface area contributed by atoms with Gasteiger partial charge in [-0.05, 0) is 43.3 Å². The maximum Gasteiger partial charge on any atom is 0.256 e. The van der Waals surface area contributed by atoms with E-state index in [0.717, 1.165) is 16.6 Å². The molecule has 3 heterocycles. The van der Waals surface area contributed by atoms with Gasteiger partial charge < -0.3 is 5.32 Å². The van der Waals surface area contributed by atoms with Crippen molar-refractivity contribution in [2.75, 3.05) is 5.32 Å². The minimum Gasteiger partial charge on any atom is -0.306 e. The van der Waals surface area contributed by atoms with Crippen LogP contribution in [0.25, 0.3) is 16.6 Å². The highest BCUT2D eigenvalue weighted by atomic mass is 16.1. The zero-order valence-corrected chi connectivity index (χ0v) is 13.4. The number of carbonyl (C=O) groups excluding carboxylic acids is 1. The van der Waals surface area contributed by atoms with Gasteiger partial charge in [0.25, 0.3) is 5.91 Å². The van der Waals surface area contributed by atoms with Crippen LogP contribution in [-0.2, 0) is 0 Å². The lowest BCUT2D eigenvalue weighted by molar-refractivity contribution is 0.102. The zero-order valence-electron chi connectivity index (χ0n) is 13.4. The highest BCUT2D eigenvalue weighted by Crippen LogP contribution is 2.18. The Kier molecular flexibility index (Phi) is 3.66. The Morgan fingerprint density at radius 2 is 2.08 bits per heavy atom. The second-order valence-electron chi connectivity index (χ2n) is 5.50. The van der Waals surface area contributed by atoms with E-state index in [4.69, 9.17) is 0 Å². The quantitative estimate of drug-likeness (QED) is 0.624. The first kappa shape index (κ1) is 14.9. The highest BCUT2D eigenvalue weighted by molar-refractivity contribution is 6.05. The van der Waals surface area contributed by atoms with Crippen molar-refractivity contribution in [1.29, 1.82) is 0 Å². The van der Waals surface area contributed by atoms with Gasteiger partial charge >= 0.3 is 0 Å². The van der Waals surface area contributed by atoms with E-state index in [1.165, 1.54) is 0 Å². The first-order valence-corrected chi connectivity index (χ1v) is 7.70. The Bertz CT molecular complexity index is 1060. The van der Waals surface area contributed by atoms with Crippen molar-refractivity contribution in [2.45, 2.75) is 6.92 Å². The van der Waals surface area contributed by atoms with Gasteiger partial charge in [0.15, 0.2) is 0 Å². The maximum absolute atomic E-state index is 12.4. The average Bonchev–Trinajstić information content (AvgIpc) is 3.06. The first-order valence-electron chi connectivity index (χ1n) is 7.70. The molecule has 1 aromatic carbocycles. The molecule has 122 valence electrons. The molecule has 1 amide bonds. The van der Waals surface area contributed by atoms with E-state index in [9.17, 15) is 4.79 Å².